The number of hydrogen-bond acceptors (Lipinski definition) is 3. The van der Waals surface area contributed by atoms with Gasteiger partial charge in [-0.25, -0.2) is 0 Å². The fraction of sp³-hybridized carbons (Fsp3) is 0.818. The van der Waals surface area contributed by atoms with Crippen LogP contribution in [0.25, 0.3) is 0 Å². The van der Waals surface area contributed by atoms with E-state index in [1.807, 2.05) is 0 Å². The van der Waals surface area contributed by atoms with Crippen LogP contribution in [0.4, 0.5) is 0 Å². The van der Waals surface area contributed by atoms with E-state index in [0.29, 0.717) is 6.42 Å². The number of carbonyl (C=O) groups excluding carboxylic acids is 1. The van der Waals surface area contributed by atoms with E-state index in [1.165, 1.54) is 25.7 Å². The molecule has 0 amide bonds. The predicted octanol–water partition coefficient (Wildman–Crippen LogP) is 1.47. The van der Waals surface area contributed by atoms with Crippen molar-refractivity contribution in [3.63, 3.8) is 0 Å². The summed E-state index contributed by atoms with van der Waals surface area (Å²) in [5.41, 5.74) is 0. The highest BCUT2D eigenvalue weighted by atomic mass is 16.3. The number of Topliss-reactive ketones (excluding diaryl/α,β-unsaturated/α-hetero) is 1. The van der Waals surface area contributed by atoms with Crippen LogP contribution in [0.5, 0.6) is 0 Å². The third kappa shape index (κ3) is 7.04. The molecule has 0 aromatic rings. The lowest BCUT2D eigenvalue weighted by molar-refractivity contribution is -0.125. The van der Waals surface area contributed by atoms with Crippen LogP contribution in [0.2, 0.25) is 0 Å². The van der Waals surface area contributed by atoms with Crippen molar-refractivity contribution in [1.29, 1.82) is 0 Å². The lowest BCUT2D eigenvalue weighted by atomic mass is 10.1. The number of aliphatic hydroxyl groups is 2. The van der Waals surface area contributed by atoms with E-state index in [2.05, 4.69) is 6.92 Å². The van der Waals surface area contributed by atoms with Crippen molar-refractivity contribution >= 4 is 5.78 Å². The number of hydrogen-bond donors (Lipinski definition) is 2. The normalized spacial score (nSPS) is 12.8. The number of ketones is 1. The average Bonchev–Trinajstić information content (AvgIpc) is 2.21. The van der Waals surface area contributed by atoms with Gasteiger partial charge < -0.3 is 10.2 Å². The van der Waals surface area contributed by atoms with Gasteiger partial charge in [0, 0.05) is 6.42 Å². The molecular formula is C11H21O3. The molecule has 14 heavy (non-hydrogen) atoms. The van der Waals surface area contributed by atoms with Crippen LogP contribution in [0.3, 0.4) is 0 Å². The van der Waals surface area contributed by atoms with Crippen molar-refractivity contribution in [2.45, 2.75) is 51.6 Å². The van der Waals surface area contributed by atoms with Crippen LogP contribution >= 0.6 is 0 Å². The summed E-state index contributed by atoms with van der Waals surface area (Å²) in [7, 11) is 0. The monoisotopic (exact) mass is 201 g/mol. The highest BCUT2D eigenvalue weighted by Crippen LogP contribution is 2.07. The van der Waals surface area contributed by atoms with E-state index in [9.17, 15) is 4.79 Å². The molecule has 2 N–H and O–H groups in total. The van der Waals surface area contributed by atoms with Crippen LogP contribution in [-0.2, 0) is 4.79 Å². The second kappa shape index (κ2) is 9.16. The van der Waals surface area contributed by atoms with Crippen LogP contribution in [0, 0.1) is 6.42 Å². The van der Waals surface area contributed by atoms with E-state index in [-0.39, 0.29) is 5.78 Å². The summed E-state index contributed by atoms with van der Waals surface area (Å²) in [6.07, 6.45) is 6.76. The number of carbonyl (C=O) groups is 1. The molecular weight excluding hydrogens is 180 g/mol. The zero-order valence-electron chi connectivity index (χ0n) is 8.91. The summed E-state index contributed by atoms with van der Waals surface area (Å²) >= 11 is 0. The Kier molecular flexibility index (Phi) is 8.89. The first kappa shape index (κ1) is 13.6. The molecule has 3 nitrogen and oxygen atoms in total. The molecule has 0 aliphatic rings. The molecule has 1 radical (unpaired) electrons. The molecule has 0 saturated heterocycles. The molecule has 0 aromatic heterocycles. The standard InChI is InChI=1S/C11H21O3/c1-2-3-4-5-6-7-8-10(13)11(14)9-12/h8,11-12,14H,2-7,9H2,1H3. The van der Waals surface area contributed by atoms with Gasteiger partial charge in [0.1, 0.15) is 6.10 Å². The topological polar surface area (TPSA) is 57.5 Å². The molecule has 0 spiro atoms. The molecule has 3 heteroatoms. The molecule has 83 valence electrons. The maximum Gasteiger partial charge on any atom is 0.167 e. The molecule has 0 aliphatic heterocycles. The van der Waals surface area contributed by atoms with Crippen molar-refractivity contribution in [1.82, 2.24) is 0 Å². The lowest BCUT2D eigenvalue weighted by Gasteiger charge is -2.04. The van der Waals surface area contributed by atoms with Gasteiger partial charge in [-0.15, -0.1) is 0 Å². The molecule has 1 unspecified atom stereocenters. The van der Waals surface area contributed by atoms with Gasteiger partial charge in [0.05, 0.1) is 6.61 Å². The fourth-order valence-electron chi connectivity index (χ4n) is 1.22. The Labute approximate surface area is 86.1 Å². The first-order valence-corrected chi connectivity index (χ1v) is 5.38. The first-order chi connectivity index (χ1) is 6.72. The van der Waals surface area contributed by atoms with E-state index in [4.69, 9.17) is 10.2 Å². The van der Waals surface area contributed by atoms with Gasteiger partial charge in [-0.05, 0) is 6.42 Å². The minimum absolute atomic E-state index is 0.358. The highest BCUT2D eigenvalue weighted by Gasteiger charge is 2.12. The van der Waals surface area contributed by atoms with Crippen molar-refractivity contribution in [2.75, 3.05) is 6.61 Å². The van der Waals surface area contributed by atoms with Crippen molar-refractivity contribution in [3.05, 3.63) is 6.42 Å². The molecule has 0 fully saturated rings. The van der Waals surface area contributed by atoms with Crippen molar-refractivity contribution < 1.29 is 15.0 Å². The molecule has 0 aromatic carbocycles. The number of rotatable bonds is 9. The Morgan fingerprint density at radius 3 is 2.50 bits per heavy atom. The average molecular weight is 201 g/mol. The number of unbranched alkanes of at least 4 members (excludes halogenated alkanes) is 5. The van der Waals surface area contributed by atoms with Gasteiger partial charge in [-0.2, -0.15) is 0 Å². The first-order valence-electron chi connectivity index (χ1n) is 5.38. The van der Waals surface area contributed by atoms with E-state index in [1.54, 1.807) is 0 Å². The van der Waals surface area contributed by atoms with Gasteiger partial charge in [0.25, 0.3) is 0 Å². The van der Waals surface area contributed by atoms with Gasteiger partial charge >= 0.3 is 0 Å². The van der Waals surface area contributed by atoms with Gasteiger partial charge in [-0.3, -0.25) is 4.79 Å². The third-order valence-corrected chi connectivity index (χ3v) is 2.15. The largest absolute Gasteiger partial charge is 0.393 e. The second-order valence-corrected chi connectivity index (χ2v) is 3.51. The second-order valence-electron chi connectivity index (χ2n) is 3.51. The Bertz CT molecular complexity index is 145. The molecule has 0 rings (SSSR count). The van der Waals surface area contributed by atoms with E-state index >= 15 is 0 Å². The Balaban J connectivity index is 3.23. The SMILES string of the molecule is CCCCCCC[CH]C(=O)C(O)CO. The summed E-state index contributed by atoms with van der Waals surface area (Å²) < 4.78 is 0. The zero-order valence-corrected chi connectivity index (χ0v) is 8.91. The summed E-state index contributed by atoms with van der Waals surface area (Å²) in [5, 5.41) is 17.4. The maximum atomic E-state index is 11.0. The van der Waals surface area contributed by atoms with Crippen molar-refractivity contribution in [2.24, 2.45) is 0 Å². The Hall–Kier alpha value is -0.410. The number of aliphatic hydroxyl groups excluding tert-OH is 2. The van der Waals surface area contributed by atoms with Crippen molar-refractivity contribution in [3.8, 4) is 0 Å². The quantitative estimate of drug-likeness (QED) is 0.555. The maximum absolute atomic E-state index is 11.0. The van der Waals surface area contributed by atoms with Gasteiger partial charge in [0.15, 0.2) is 5.78 Å². The molecule has 0 heterocycles. The summed E-state index contributed by atoms with van der Waals surface area (Å²) in [4.78, 5) is 11.0. The predicted molar refractivity (Wildman–Crippen MR) is 55.8 cm³/mol. The summed E-state index contributed by atoms with van der Waals surface area (Å²) in [5.74, 6) is -0.358. The third-order valence-electron chi connectivity index (χ3n) is 2.15. The smallest absolute Gasteiger partial charge is 0.167 e. The van der Waals surface area contributed by atoms with E-state index < -0.39 is 12.7 Å². The van der Waals surface area contributed by atoms with Crippen LogP contribution in [0.1, 0.15) is 45.4 Å². The highest BCUT2D eigenvalue weighted by molar-refractivity contribution is 5.90. The fourth-order valence-corrected chi connectivity index (χ4v) is 1.22. The van der Waals surface area contributed by atoms with E-state index in [0.717, 1.165) is 12.8 Å². The molecule has 0 saturated carbocycles. The minimum atomic E-state index is -1.22. The van der Waals surface area contributed by atoms with Crippen LogP contribution < -0.4 is 0 Å². The Morgan fingerprint density at radius 1 is 1.29 bits per heavy atom. The van der Waals surface area contributed by atoms with Crippen LogP contribution in [0.15, 0.2) is 0 Å². The van der Waals surface area contributed by atoms with Gasteiger partial charge in [0.2, 0.25) is 0 Å². The zero-order chi connectivity index (χ0) is 10.8. The molecule has 0 bridgehead atoms. The van der Waals surface area contributed by atoms with Gasteiger partial charge in [-0.1, -0.05) is 39.0 Å². The Morgan fingerprint density at radius 2 is 1.93 bits per heavy atom. The summed E-state index contributed by atoms with van der Waals surface area (Å²) in [6, 6.07) is 0. The molecule has 1 atom stereocenters. The minimum Gasteiger partial charge on any atom is -0.393 e. The van der Waals surface area contributed by atoms with Crippen LogP contribution in [-0.4, -0.2) is 28.7 Å². The lowest BCUT2D eigenvalue weighted by Crippen LogP contribution is -2.24. The molecule has 0 aliphatic carbocycles. The summed E-state index contributed by atoms with van der Waals surface area (Å²) in [6.45, 7) is 1.68.